The van der Waals surface area contributed by atoms with Gasteiger partial charge in [0.25, 0.3) is 0 Å². The van der Waals surface area contributed by atoms with Crippen LogP contribution in [-0.4, -0.2) is 32.0 Å². The molecule has 0 saturated heterocycles. The molecule has 0 saturated carbocycles. The quantitative estimate of drug-likeness (QED) is 0.334. The molecule has 0 aliphatic heterocycles. The van der Waals surface area contributed by atoms with E-state index in [1.54, 1.807) is 24.3 Å². The van der Waals surface area contributed by atoms with Gasteiger partial charge in [-0.15, -0.1) is 21.5 Å². The number of nitrogens with one attached hydrogen (secondary N) is 1. The third-order valence-corrected chi connectivity index (χ3v) is 6.17. The maximum absolute atomic E-state index is 12.3. The third kappa shape index (κ3) is 4.34. The average molecular weight is 443 g/mol. The van der Waals surface area contributed by atoms with E-state index in [9.17, 15) is 9.59 Å². The number of carbonyl (C=O) groups excluding carboxylic acids is 2. The molecule has 2 heterocycles. The lowest BCUT2D eigenvalue weighted by Gasteiger charge is -2.06. The van der Waals surface area contributed by atoms with E-state index in [-0.39, 0.29) is 17.4 Å². The molecule has 2 aromatic heterocycles. The lowest BCUT2D eigenvalue weighted by Crippen LogP contribution is -2.14. The fourth-order valence-corrected chi connectivity index (χ4v) is 4.49. The van der Waals surface area contributed by atoms with E-state index in [0.29, 0.717) is 21.4 Å². The maximum Gasteiger partial charge on any atom is 0.234 e. The Morgan fingerprint density at radius 3 is 2.52 bits per heavy atom. The average Bonchev–Trinajstić information content (AvgIpc) is 3.30. The van der Waals surface area contributed by atoms with Gasteiger partial charge in [-0.3, -0.25) is 14.0 Å². The number of aromatic nitrogens is 3. The summed E-state index contributed by atoms with van der Waals surface area (Å²) >= 11 is 8.78. The summed E-state index contributed by atoms with van der Waals surface area (Å²) in [5, 5.41) is 14.6. The molecule has 0 fully saturated rings. The molecule has 4 rings (SSSR count). The summed E-state index contributed by atoms with van der Waals surface area (Å²) in [7, 11) is 0. The van der Waals surface area contributed by atoms with E-state index < -0.39 is 0 Å². The number of halogens is 1. The number of rotatable bonds is 6. The van der Waals surface area contributed by atoms with Gasteiger partial charge in [0, 0.05) is 21.7 Å². The van der Waals surface area contributed by atoms with Crippen molar-refractivity contribution in [1.29, 1.82) is 0 Å². The van der Waals surface area contributed by atoms with E-state index in [4.69, 9.17) is 11.6 Å². The van der Waals surface area contributed by atoms with Crippen LogP contribution in [0.5, 0.6) is 0 Å². The Bertz CT molecular complexity index is 1180. The Kier molecular flexibility index (Phi) is 5.66. The van der Waals surface area contributed by atoms with Crippen LogP contribution < -0.4 is 5.32 Å². The van der Waals surface area contributed by atoms with Crippen LogP contribution in [0.15, 0.2) is 59.1 Å². The lowest BCUT2D eigenvalue weighted by atomic mass is 10.1. The molecule has 0 unspecified atom stereocenters. The number of fused-ring (bicyclic) bond motifs is 1. The van der Waals surface area contributed by atoms with Crippen molar-refractivity contribution in [2.75, 3.05) is 11.1 Å². The van der Waals surface area contributed by atoms with Crippen LogP contribution in [0.1, 0.15) is 17.3 Å². The van der Waals surface area contributed by atoms with Gasteiger partial charge in [0.2, 0.25) is 10.9 Å². The lowest BCUT2D eigenvalue weighted by molar-refractivity contribution is -0.113. The van der Waals surface area contributed by atoms with Crippen molar-refractivity contribution in [3.8, 4) is 11.3 Å². The molecule has 0 radical (unpaired) electrons. The summed E-state index contributed by atoms with van der Waals surface area (Å²) < 4.78 is 1.94. The molecule has 0 spiro atoms. The Balaban J connectivity index is 1.47. The summed E-state index contributed by atoms with van der Waals surface area (Å²) in [4.78, 5) is 24.4. The van der Waals surface area contributed by atoms with Gasteiger partial charge in [0.15, 0.2) is 10.9 Å². The molecule has 0 aliphatic carbocycles. The van der Waals surface area contributed by atoms with Crippen LogP contribution in [0.2, 0.25) is 5.02 Å². The fraction of sp³-hybridized carbons (Fsp3) is 0.100. The number of nitrogens with zero attached hydrogens (tertiary/aromatic N) is 3. The fourth-order valence-electron chi connectivity index (χ4n) is 2.73. The van der Waals surface area contributed by atoms with Crippen molar-refractivity contribution in [1.82, 2.24) is 14.6 Å². The second kappa shape index (κ2) is 8.36. The highest BCUT2D eigenvalue weighted by molar-refractivity contribution is 7.99. The summed E-state index contributed by atoms with van der Waals surface area (Å²) in [6, 6.07) is 14.4. The predicted molar refractivity (Wildman–Crippen MR) is 117 cm³/mol. The predicted octanol–water partition coefficient (Wildman–Crippen LogP) is 5.04. The van der Waals surface area contributed by atoms with Crippen molar-refractivity contribution in [2.24, 2.45) is 0 Å². The standard InChI is InChI=1S/C20H15ClN4O2S2/c1-12(26)13-4-8-16(9-5-13)22-18(27)11-29-20-24-23-19-25(20)17(10-28-19)14-2-6-15(21)7-3-14/h2-10H,11H2,1H3,(H,22,27). The minimum atomic E-state index is -0.161. The minimum Gasteiger partial charge on any atom is -0.325 e. The summed E-state index contributed by atoms with van der Waals surface area (Å²) in [6.45, 7) is 1.51. The number of carbonyl (C=O) groups is 2. The number of Topliss-reactive ketones (excluding diaryl/α,β-unsaturated/α-hetero) is 1. The molecular formula is C20H15ClN4O2S2. The van der Waals surface area contributed by atoms with Gasteiger partial charge in [-0.1, -0.05) is 35.5 Å². The third-order valence-electron chi connectivity index (χ3n) is 4.17. The van der Waals surface area contributed by atoms with Crippen LogP contribution in [0, 0.1) is 0 Å². The Morgan fingerprint density at radius 2 is 1.83 bits per heavy atom. The smallest absolute Gasteiger partial charge is 0.234 e. The Hall–Kier alpha value is -2.68. The number of hydrogen-bond donors (Lipinski definition) is 1. The van der Waals surface area contributed by atoms with E-state index in [0.717, 1.165) is 16.2 Å². The molecule has 9 heteroatoms. The minimum absolute atomic E-state index is 0.0125. The molecule has 29 heavy (non-hydrogen) atoms. The normalized spacial score (nSPS) is 11.0. The van der Waals surface area contributed by atoms with Crippen molar-refractivity contribution in [3.63, 3.8) is 0 Å². The first-order valence-electron chi connectivity index (χ1n) is 8.63. The second-order valence-corrected chi connectivity index (χ2v) is 8.41. The van der Waals surface area contributed by atoms with Gasteiger partial charge in [-0.05, 0) is 48.9 Å². The molecule has 4 aromatic rings. The highest BCUT2D eigenvalue weighted by Gasteiger charge is 2.15. The zero-order chi connectivity index (χ0) is 20.4. The van der Waals surface area contributed by atoms with Crippen molar-refractivity contribution >= 4 is 57.0 Å². The van der Waals surface area contributed by atoms with Crippen LogP contribution in [-0.2, 0) is 4.79 Å². The first-order chi connectivity index (χ1) is 14.0. The molecule has 1 amide bonds. The number of benzene rings is 2. The van der Waals surface area contributed by atoms with Gasteiger partial charge < -0.3 is 5.32 Å². The van der Waals surface area contributed by atoms with E-state index in [2.05, 4.69) is 15.5 Å². The summed E-state index contributed by atoms with van der Waals surface area (Å²) in [5.74, 6) is 0.0117. The van der Waals surface area contributed by atoms with Gasteiger partial charge in [0.05, 0.1) is 11.4 Å². The zero-order valence-electron chi connectivity index (χ0n) is 15.3. The Morgan fingerprint density at radius 1 is 1.10 bits per heavy atom. The largest absolute Gasteiger partial charge is 0.325 e. The monoisotopic (exact) mass is 442 g/mol. The number of ketones is 1. The van der Waals surface area contributed by atoms with Crippen LogP contribution in [0.3, 0.4) is 0 Å². The number of anilines is 1. The van der Waals surface area contributed by atoms with E-state index >= 15 is 0 Å². The van der Waals surface area contributed by atoms with Crippen LogP contribution in [0.25, 0.3) is 16.2 Å². The van der Waals surface area contributed by atoms with Crippen LogP contribution >= 0.6 is 34.7 Å². The summed E-state index contributed by atoms with van der Waals surface area (Å²) in [6.07, 6.45) is 0. The maximum atomic E-state index is 12.3. The van der Waals surface area contributed by atoms with Gasteiger partial charge in [-0.25, -0.2) is 0 Å². The van der Waals surface area contributed by atoms with E-state index in [1.807, 2.05) is 34.0 Å². The van der Waals surface area contributed by atoms with Crippen molar-refractivity contribution in [3.05, 3.63) is 64.5 Å². The highest BCUT2D eigenvalue weighted by atomic mass is 35.5. The molecule has 1 N–H and O–H groups in total. The SMILES string of the molecule is CC(=O)c1ccc(NC(=O)CSc2nnc3scc(-c4ccc(Cl)cc4)n23)cc1. The van der Waals surface area contributed by atoms with Gasteiger partial charge in [-0.2, -0.15) is 0 Å². The zero-order valence-corrected chi connectivity index (χ0v) is 17.6. The number of amides is 1. The number of thiazole rings is 1. The van der Waals surface area contributed by atoms with Crippen molar-refractivity contribution in [2.45, 2.75) is 12.1 Å². The molecular weight excluding hydrogens is 428 g/mol. The number of thioether (sulfide) groups is 1. The van der Waals surface area contributed by atoms with Gasteiger partial charge in [0.1, 0.15) is 0 Å². The summed E-state index contributed by atoms with van der Waals surface area (Å²) in [5.41, 5.74) is 3.20. The van der Waals surface area contributed by atoms with Crippen LogP contribution in [0.4, 0.5) is 5.69 Å². The molecule has 146 valence electrons. The first kappa shape index (κ1) is 19.6. The second-order valence-electron chi connectivity index (χ2n) is 6.20. The molecule has 0 aliphatic rings. The topological polar surface area (TPSA) is 76.4 Å². The van der Waals surface area contributed by atoms with Gasteiger partial charge >= 0.3 is 0 Å². The molecule has 2 aromatic carbocycles. The molecule has 6 nitrogen and oxygen atoms in total. The Labute approximate surface area is 179 Å². The number of hydrogen-bond acceptors (Lipinski definition) is 6. The molecule has 0 bridgehead atoms. The molecule has 0 atom stereocenters. The highest BCUT2D eigenvalue weighted by Crippen LogP contribution is 2.30. The van der Waals surface area contributed by atoms with Crippen molar-refractivity contribution < 1.29 is 9.59 Å². The van der Waals surface area contributed by atoms with E-state index in [1.165, 1.54) is 30.0 Å². The first-order valence-corrected chi connectivity index (χ1v) is 10.9.